The largest absolute Gasteiger partial charge is 0.396 e. The van der Waals surface area contributed by atoms with Gasteiger partial charge in [0.05, 0.1) is 11.0 Å². The molecule has 0 amide bonds. The lowest BCUT2D eigenvalue weighted by Crippen LogP contribution is -2.26. The van der Waals surface area contributed by atoms with Crippen molar-refractivity contribution < 1.29 is 4.39 Å². The molecule has 1 aliphatic heterocycles. The lowest BCUT2D eigenvalue weighted by molar-refractivity contribution is 0.616. The molecule has 0 atom stereocenters. The Morgan fingerprint density at radius 1 is 1.23 bits per heavy atom. The molecule has 1 aromatic rings. The summed E-state index contributed by atoms with van der Waals surface area (Å²) in [5.41, 5.74) is 5.45. The molecule has 0 aliphatic carbocycles. The maximum Gasteiger partial charge on any atom is 0.173 e. The first-order valence-electron chi connectivity index (χ1n) is 3.22. The van der Waals surface area contributed by atoms with Crippen LogP contribution in [0.2, 0.25) is 0 Å². The Morgan fingerprint density at radius 2 is 1.92 bits per heavy atom. The van der Waals surface area contributed by atoms with Gasteiger partial charge in [0, 0.05) is 0 Å². The van der Waals surface area contributed by atoms with Crippen molar-refractivity contribution in [3.63, 3.8) is 0 Å². The number of nitrogen functional groups attached to an aromatic ring is 1. The average molecular weight is 224 g/mol. The molecule has 0 bridgehead atoms. The molecule has 0 spiro atoms. The van der Waals surface area contributed by atoms with Gasteiger partial charge in [0.1, 0.15) is 12.0 Å². The Kier molecular flexibility index (Phi) is 4.10. The van der Waals surface area contributed by atoms with Crippen LogP contribution in [0.5, 0.6) is 0 Å². The summed E-state index contributed by atoms with van der Waals surface area (Å²) < 4.78 is 13.0. The Balaban J connectivity index is 0.000000720. The summed E-state index contributed by atoms with van der Waals surface area (Å²) in [4.78, 5) is 7.78. The van der Waals surface area contributed by atoms with Crippen LogP contribution >= 0.6 is 24.8 Å². The smallest absolute Gasteiger partial charge is 0.173 e. The zero-order valence-corrected chi connectivity index (χ0v) is 8.16. The van der Waals surface area contributed by atoms with Crippen molar-refractivity contribution in [2.45, 2.75) is 0 Å². The summed E-state index contributed by atoms with van der Waals surface area (Å²) in [6.45, 7) is 0.315. The van der Waals surface area contributed by atoms with Gasteiger partial charge in [0.25, 0.3) is 0 Å². The molecular weight excluding hydrogens is 216 g/mol. The molecule has 0 unspecified atom stereocenters. The summed E-state index contributed by atoms with van der Waals surface area (Å²) in [5.74, 6) is -0.455. The minimum atomic E-state index is -0.455. The molecule has 0 aromatic heterocycles. The van der Waals surface area contributed by atoms with Crippen LogP contribution in [-0.2, 0) is 0 Å². The highest BCUT2D eigenvalue weighted by atomic mass is 35.5. The number of benzene rings is 1. The molecule has 1 aliphatic rings. The molecule has 6 heteroatoms. The van der Waals surface area contributed by atoms with Gasteiger partial charge in [-0.25, -0.2) is 4.39 Å². The maximum atomic E-state index is 13.0. The first-order valence-corrected chi connectivity index (χ1v) is 3.22. The first-order chi connectivity index (χ1) is 5.29. The third-order valence-corrected chi connectivity index (χ3v) is 1.59. The highest BCUT2D eigenvalue weighted by molar-refractivity contribution is 5.85. The van der Waals surface area contributed by atoms with Crippen LogP contribution < -0.4 is 16.4 Å². The van der Waals surface area contributed by atoms with Crippen LogP contribution in [0.15, 0.2) is 22.1 Å². The van der Waals surface area contributed by atoms with E-state index in [-0.39, 0.29) is 30.5 Å². The van der Waals surface area contributed by atoms with E-state index in [1.165, 1.54) is 6.07 Å². The van der Waals surface area contributed by atoms with Crippen LogP contribution in [0.1, 0.15) is 0 Å². The van der Waals surface area contributed by atoms with Gasteiger partial charge >= 0.3 is 0 Å². The van der Waals surface area contributed by atoms with Crippen molar-refractivity contribution in [1.82, 2.24) is 0 Å². The van der Waals surface area contributed by atoms with Gasteiger partial charge in [-0.2, -0.15) is 0 Å². The fourth-order valence-corrected chi connectivity index (χ4v) is 1.03. The van der Waals surface area contributed by atoms with Crippen molar-refractivity contribution in [2.24, 2.45) is 9.98 Å². The third kappa shape index (κ3) is 1.89. The normalized spacial score (nSPS) is 11.5. The quantitative estimate of drug-likeness (QED) is 0.639. The van der Waals surface area contributed by atoms with E-state index in [9.17, 15) is 4.39 Å². The van der Waals surface area contributed by atoms with Crippen LogP contribution in [0.4, 0.5) is 10.1 Å². The number of hydrogen-bond donors (Lipinski definition) is 1. The molecule has 13 heavy (non-hydrogen) atoms. The van der Waals surface area contributed by atoms with Crippen LogP contribution in [0, 0.1) is 5.82 Å². The molecule has 0 saturated heterocycles. The predicted octanol–water partition coefficient (Wildman–Crippen LogP) is 0.462. The lowest BCUT2D eigenvalue weighted by Gasteiger charge is -1.91. The second kappa shape index (κ2) is 4.39. The molecule has 0 radical (unpaired) electrons. The van der Waals surface area contributed by atoms with E-state index in [0.717, 1.165) is 0 Å². The Hall–Kier alpha value is -0.870. The van der Waals surface area contributed by atoms with Crippen molar-refractivity contribution in [1.29, 1.82) is 0 Å². The third-order valence-electron chi connectivity index (χ3n) is 1.59. The first kappa shape index (κ1) is 12.1. The molecule has 72 valence electrons. The Morgan fingerprint density at radius 3 is 2.62 bits per heavy atom. The van der Waals surface area contributed by atoms with Crippen molar-refractivity contribution in [2.75, 3.05) is 12.4 Å². The molecule has 2 N–H and O–H groups in total. The number of halogens is 3. The Bertz CT molecular complexity index is 418. The van der Waals surface area contributed by atoms with Crippen molar-refractivity contribution in [3.05, 3.63) is 28.7 Å². The minimum absolute atomic E-state index is 0. The molecular formula is C7H8Cl2FN3. The van der Waals surface area contributed by atoms with Gasteiger partial charge < -0.3 is 5.73 Å². The molecule has 1 aromatic carbocycles. The number of hydrogen-bond acceptors (Lipinski definition) is 3. The predicted molar refractivity (Wildman–Crippen MR) is 52.5 cm³/mol. The standard InChI is InChI=1S/C7H6FN3.2ClH/c8-6-4(9)1-2-5-7(6)11-3-10-5;;/h1-2H,3,9H2;2*1H. The van der Waals surface area contributed by atoms with E-state index in [4.69, 9.17) is 5.73 Å². The van der Waals surface area contributed by atoms with E-state index in [2.05, 4.69) is 9.98 Å². The lowest BCUT2D eigenvalue weighted by atomic mass is 10.3. The molecule has 2 rings (SSSR count). The molecule has 0 saturated carbocycles. The van der Waals surface area contributed by atoms with E-state index < -0.39 is 5.82 Å². The summed E-state index contributed by atoms with van der Waals surface area (Å²) in [7, 11) is 0. The molecule has 0 fully saturated rings. The summed E-state index contributed by atoms with van der Waals surface area (Å²) in [5, 5.41) is 0.890. The molecule has 3 nitrogen and oxygen atoms in total. The van der Waals surface area contributed by atoms with Gasteiger partial charge in [-0.1, -0.05) is 0 Å². The van der Waals surface area contributed by atoms with Gasteiger partial charge in [-0.05, 0) is 12.1 Å². The van der Waals surface area contributed by atoms with Gasteiger partial charge in [-0.15, -0.1) is 24.8 Å². The number of anilines is 1. The van der Waals surface area contributed by atoms with Crippen molar-refractivity contribution in [3.8, 4) is 0 Å². The van der Waals surface area contributed by atoms with Crippen LogP contribution in [0.25, 0.3) is 0 Å². The number of fused-ring (bicyclic) bond motifs is 1. The van der Waals surface area contributed by atoms with Gasteiger partial charge in [-0.3, -0.25) is 9.98 Å². The van der Waals surface area contributed by atoms with E-state index >= 15 is 0 Å². The zero-order valence-electron chi connectivity index (χ0n) is 6.53. The Labute approximate surface area is 86.4 Å². The minimum Gasteiger partial charge on any atom is -0.396 e. The van der Waals surface area contributed by atoms with Crippen molar-refractivity contribution >= 4 is 30.5 Å². The summed E-state index contributed by atoms with van der Waals surface area (Å²) in [6.07, 6.45) is 0. The average Bonchev–Trinajstić information content (AvgIpc) is 2.45. The van der Waals surface area contributed by atoms with E-state index in [1.54, 1.807) is 6.07 Å². The van der Waals surface area contributed by atoms with Crippen LogP contribution in [-0.4, -0.2) is 6.67 Å². The highest BCUT2D eigenvalue weighted by Gasteiger charge is 2.05. The van der Waals surface area contributed by atoms with Crippen LogP contribution in [0.3, 0.4) is 0 Å². The maximum absolute atomic E-state index is 13.0. The summed E-state index contributed by atoms with van der Waals surface area (Å²) >= 11 is 0. The highest BCUT2D eigenvalue weighted by Crippen LogP contribution is 2.00. The summed E-state index contributed by atoms with van der Waals surface area (Å²) in [6, 6.07) is 3.17. The fourth-order valence-electron chi connectivity index (χ4n) is 1.03. The number of nitrogens with two attached hydrogens (primary N) is 1. The van der Waals surface area contributed by atoms with E-state index in [0.29, 0.717) is 17.4 Å². The second-order valence-electron chi connectivity index (χ2n) is 2.29. The number of nitrogens with zero attached hydrogens (tertiary/aromatic N) is 2. The fraction of sp³-hybridized carbons (Fsp3) is 0.143. The zero-order chi connectivity index (χ0) is 7.84. The van der Waals surface area contributed by atoms with E-state index in [1.807, 2.05) is 0 Å². The monoisotopic (exact) mass is 223 g/mol. The SMILES string of the molecule is Cl.Cl.Nc1ccc2c(c1F)=NCN=2. The van der Waals surface area contributed by atoms with Gasteiger partial charge in [0.2, 0.25) is 0 Å². The topological polar surface area (TPSA) is 50.7 Å². The molecule has 1 heterocycles. The van der Waals surface area contributed by atoms with Gasteiger partial charge in [0.15, 0.2) is 5.82 Å². The number of rotatable bonds is 0. The second-order valence-corrected chi connectivity index (χ2v) is 2.29.